The number of ether oxygens (including phenoxy) is 1. The van der Waals surface area contributed by atoms with Gasteiger partial charge in [0.25, 0.3) is 0 Å². The highest BCUT2D eigenvalue weighted by Crippen LogP contribution is 2.55. The van der Waals surface area contributed by atoms with E-state index in [1.165, 1.54) is 12.3 Å². The minimum Gasteiger partial charge on any atom is -0.465 e. The van der Waals surface area contributed by atoms with Crippen molar-refractivity contribution in [2.45, 2.75) is 40.2 Å². The molecule has 0 saturated heterocycles. The molecule has 1 aromatic heterocycles. The summed E-state index contributed by atoms with van der Waals surface area (Å²) >= 11 is 0. The second-order valence-electron chi connectivity index (χ2n) is 5.50. The van der Waals surface area contributed by atoms with E-state index in [-0.39, 0.29) is 18.7 Å². The minimum absolute atomic E-state index is 0.0367. The first kappa shape index (κ1) is 19.5. The molecule has 23 heavy (non-hydrogen) atoms. The van der Waals surface area contributed by atoms with Crippen molar-refractivity contribution in [1.82, 2.24) is 5.32 Å². The van der Waals surface area contributed by atoms with E-state index in [4.69, 9.17) is 18.2 Å². The molecule has 130 valence electrons. The van der Waals surface area contributed by atoms with E-state index in [2.05, 4.69) is 5.32 Å². The third-order valence-electron chi connectivity index (χ3n) is 2.34. The first-order valence-electron chi connectivity index (χ1n) is 7.35. The van der Waals surface area contributed by atoms with Gasteiger partial charge in [-0.15, -0.1) is 0 Å². The average Bonchev–Trinajstić information content (AvgIpc) is 2.89. The molecule has 0 bridgehead atoms. The van der Waals surface area contributed by atoms with Crippen LogP contribution in [-0.2, 0) is 18.3 Å². The summed E-state index contributed by atoms with van der Waals surface area (Å²) in [6.45, 7) is 8.87. The van der Waals surface area contributed by atoms with E-state index in [1.807, 2.05) is 0 Å². The molecule has 1 rings (SSSR count). The van der Waals surface area contributed by atoms with Crippen LogP contribution in [0.1, 0.15) is 40.4 Å². The van der Waals surface area contributed by atoms with Gasteiger partial charge in [0, 0.05) is 6.08 Å². The third kappa shape index (κ3) is 6.60. The Bertz CT molecular complexity index is 563. The topological polar surface area (TPSA) is 87.0 Å². The zero-order chi connectivity index (χ0) is 17.5. The number of hydrogen-bond acceptors (Lipinski definition) is 6. The van der Waals surface area contributed by atoms with Crippen LogP contribution in [0.15, 0.2) is 28.3 Å². The van der Waals surface area contributed by atoms with Crippen LogP contribution in [-0.4, -0.2) is 24.9 Å². The zero-order valence-electron chi connectivity index (χ0n) is 14.1. The average molecular weight is 345 g/mol. The van der Waals surface area contributed by atoms with Crippen molar-refractivity contribution < 1.29 is 27.6 Å². The smallest absolute Gasteiger partial charge is 0.412 e. The molecule has 1 aromatic rings. The molecular weight excluding hydrogens is 321 g/mol. The molecule has 0 fully saturated rings. The molecule has 7 nitrogen and oxygen atoms in total. The Morgan fingerprint density at radius 3 is 2.35 bits per heavy atom. The van der Waals surface area contributed by atoms with E-state index in [0.717, 1.165) is 0 Å². The quantitative estimate of drug-likeness (QED) is 0.739. The van der Waals surface area contributed by atoms with Crippen molar-refractivity contribution in [3.8, 4) is 0 Å². The van der Waals surface area contributed by atoms with E-state index >= 15 is 0 Å². The van der Waals surface area contributed by atoms with Gasteiger partial charge in [-0.3, -0.25) is 9.88 Å². The number of alkyl carbamates (subject to hydrolysis) is 1. The van der Waals surface area contributed by atoms with Gasteiger partial charge in [-0.1, -0.05) is 0 Å². The van der Waals surface area contributed by atoms with Crippen LogP contribution in [0.25, 0.3) is 6.08 Å². The third-order valence-corrected chi connectivity index (χ3v) is 4.37. The van der Waals surface area contributed by atoms with Crippen molar-refractivity contribution in [3.05, 3.63) is 29.6 Å². The molecule has 0 aliphatic heterocycles. The lowest BCUT2D eigenvalue weighted by atomic mass is 10.2. The maximum Gasteiger partial charge on any atom is 0.412 e. The molecule has 0 aromatic carbocycles. The first-order chi connectivity index (χ1) is 10.7. The molecule has 0 aliphatic carbocycles. The lowest BCUT2D eigenvalue weighted by molar-refractivity contribution is 0.0546. The minimum atomic E-state index is -3.70. The maximum absolute atomic E-state index is 12.9. The summed E-state index contributed by atoms with van der Waals surface area (Å²) in [6, 6.07) is 3.32. The van der Waals surface area contributed by atoms with Gasteiger partial charge < -0.3 is 18.2 Å². The Labute approximate surface area is 136 Å². The van der Waals surface area contributed by atoms with Crippen molar-refractivity contribution in [2.75, 3.05) is 13.2 Å². The molecule has 0 spiro atoms. The first-order valence-corrected chi connectivity index (χ1v) is 8.89. The molecule has 0 aliphatic rings. The fourth-order valence-corrected chi connectivity index (χ4v) is 3.16. The lowest BCUT2D eigenvalue weighted by Gasteiger charge is -2.23. The van der Waals surface area contributed by atoms with Gasteiger partial charge in [0.15, 0.2) is 0 Å². The summed E-state index contributed by atoms with van der Waals surface area (Å²) < 4.78 is 33.8. The number of carbonyl (C=O) groups excluding carboxylic acids is 1. The van der Waals surface area contributed by atoms with Gasteiger partial charge in [-0.05, 0) is 46.8 Å². The van der Waals surface area contributed by atoms with Crippen LogP contribution in [0, 0.1) is 0 Å². The molecular formula is C15H24NO6P. The van der Waals surface area contributed by atoms with Crippen LogP contribution < -0.4 is 5.32 Å². The largest absolute Gasteiger partial charge is 0.465 e. The van der Waals surface area contributed by atoms with E-state index < -0.39 is 19.3 Å². The molecule has 1 N–H and O–H groups in total. The van der Waals surface area contributed by atoms with Crippen molar-refractivity contribution in [2.24, 2.45) is 0 Å². The van der Waals surface area contributed by atoms with Gasteiger partial charge >= 0.3 is 13.7 Å². The monoisotopic (exact) mass is 345 g/mol. The van der Waals surface area contributed by atoms with Crippen molar-refractivity contribution in [1.29, 1.82) is 0 Å². The summed E-state index contributed by atoms with van der Waals surface area (Å²) in [6.07, 6.45) is 2.11. The van der Waals surface area contributed by atoms with Crippen LogP contribution in [0.5, 0.6) is 0 Å². The van der Waals surface area contributed by atoms with Crippen LogP contribution in [0.3, 0.4) is 0 Å². The fraction of sp³-hybridized carbons (Fsp3) is 0.533. The Morgan fingerprint density at radius 1 is 1.30 bits per heavy atom. The second-order valence-corrected chi connectivity index (χ2v) is 7.50. The second kappa shape index (κ2) is 8.34. The Morgan fingerprint density at radius 2 is 1.91 bits per heavy atom. The molecule has 0 unspecified atom stereocenters. The normalized spacial score (nSPS) is 13.0. The standard InChI is InChI=1S/C15H24NO6P/c1-6-20-23(18,21-7-2)13(11-12-9-8-10-19-12)16-14(17)22-15(3,4)5/h8-11H,6-7H2,1-5H3,(H,16,17)/b13-11-. The number of carbonyl (C=O) groups is 1. The maximum atomic E-state index is 12.9. The number of nitrogens with one attached hydrogen (secondary N) is 1. The predicted molar refractivity (Wildman–Crippen MR) is 86.9 cm³/mol. The summed E-state index contributed by atoms with van der Waals surface area (Å²) in [4.78, 5) is 12.0. The number of hydrogen-bond donors (Lipinski definition) is 1. The summed E-state index contributed by atoms with van der Waals surface area (Å²) in [7, 11) is -3.70. The molecule has 1 heterocycles. The van der Waals surface area contributed by atoms with Gasteiger partial charge in [0.05, 0.1) is 19.5 Å². The van der Waals surface area contributed by atoms with Gasteiger partial charge in [0.1, 0.15) is 16.8 Å². The lowest BCUT2D eigenvalue weighted by Crippen LogP contribution is -2.32. The Kier molecular flexibility index (Phi) is 7.06. The summed E-state index contributed by atoms with van der Waals surface area (Å²) in [5.41, 5.74) is -0.730. The highest BCUT2D eigenvalue weighted by atomic mass is 31.2. The van der Waals surface area contributed by atoms with Crippen molar-refractivity contribution >= 4 is 19.8 Å². The SMILES string of the molecule is CCOP(=O)(OCC)/C(=C\c1ccco1)NC(=O)OC(C)(C)C. The van der Waals surface area contributed by atoms with Crippen LogP contribution >= 0.6 is 7.60 Å². The summed E-state index contributed by atoms with van der Waals surface area (Å²) in [5.74, 6) is 0.399. The van der Waals surface area contributed by atoms with Crippen molar-refractivity contribution in [3.63, 3.8) is 0 Å². The predicted octanol–water partition coefficient (Wildman–Crippen LogP) is 4.37. The molecule has 0 radical (unpaired) electrons. The zero-order valence-corrected chi connectivity index (χ0v) is 15.0. The van der Waals surface area contributed by atoms with E-state index in [0.29, 0.717) is 5.76 Å². The van der Waals surface area contributed by atoms with Gasteiger partial charge in [0.2, 0.25) is 0 Å². The van der Waals surface area contributed by atoms with Crippen LogP contribution in [0.2, 0.25) is 0 Å². The highest BCUT2D eigenvalue weighted by Gasteiger charge is 2.32. The van der Waals surface area contributed by atoms with E-state index in [1.54, 1.807) is 46.8 Å². The molecule has 8 heteroatoms. The fourth-order valence-electron chi connectivity index (χ4n) is 1.62. The molecule has 0 saturated carbocycles. The molecule has 0 atom stereocenters. The Hall–Kier alpha value is -1.56. The van der Waals surface area contributed by atoms with Gasteiger partial charge in [-0.2, -0.15) is 0 Å². The van der Waals surface area contributed by atoms with E-state index in [9.17, 15) is 9.36 Å². The number of amides is 1. The highest BCUT2D eigenvalue weighted by molar-refractivity contribution is 7.58. The molecule has 1 amide bonds. The number of furan rings is 1. The Balaban J connectivity index is 3.11. The van der Waals surface area contributed by atoms with Gasteiger partial charge in [-0.25, -0.2) is 4.79 Å². The van der Waals surface area contributed by atoms with Crippen LogP contribution in [0.4, 0.5) is 4.79 Å². The number of rotatable bonds is 7. The summed E-state index contributed by atoms with van der Waals surface area (Å²) in [5, 5.41) is 2.45.